The molecule has 0 bridgehead atoms. The van der Waals surface area contributed by atoms with Crippen LogP contribution in [0.25, 0.3) is 0 Å². The summed E-state index contributed by atoms with van der Waals surface area (Å²) < 4.78 is 38.3. The van der Waals surface area contributed by atoms with E-state index in [1.165, 1.54) is 17.4 Å². The number of thiophene rings is 1. The number of nitrogens with two attached hydrogens (primary N) is 1. The van der Waals surface area contributed by atoms with Crippen LogP contribution in [0.1, 0.15) is 17.3 Å². The summed E-state index contributed by atoms with van der Waals surface area (Å²) in [7, 11) is 0. The fourth-order valence-electron chi connectivity index (χ4n) is 2.18. The van der Waals surface area contributed by atoms with Gasteiger partial charge in [0, 0.05) is 30.1 Å². The summed E-state index contributed by atoms with van der Waals surface area (Å²) in [4.78, 5) is 2.95. The highest BCUT2D eigenvalue weighted by molar-refractivity contribution is 7.16. The Morgan fingerprint density at radius 2 is 2.16 bits per heavy atom. The van der Waals surface area contributed by atoms with E-state index < -0.39 is 11.7 Å². The van der Waals surface area contributed by atoms with Crippen LogP contribution in [-0.2, 0) is 0 Å². The second-order valence-electron chi connectivity index (χ2n) is 4.37. The van der Waals surface area contributed by atoms with E-state index in [4.69, 9.17) is 17.3 Å². The van der Waals surface area contributed by atoms with Crippen LogP contribution in [0.4, 0.5) is 13.2 Å². The molecule has 1 unspecified atom stereocenters. The number of alkyl halides is 3. The lowest BCUT2D eigenvalue weighted by Gasteiger charge is -2.33. The van der Waals surface area contributed by atoms with Gasteiger partial charge in [0.15, 0.2) is 0 Å². The van der Waals surface area contributed by atoms with Crippen LogP contribution in [-0.4, -0.2) is 30.7 Å². The number of hydrogen-bond acceptors (Lipinski definition) is 3. The van der Waals surface area contributed by atoms with Crippen molar-refractivity contribution in [3.05, 3.63) is 33.0 Å². The van der Waals surface area contributed by atoms with Crippen molar-refractivity contribution in [2.75, 3.05) is 19.6 Å². The predicted octanol–water partition coefficient (Wildman–Crippen LogP) is 3.60. The van der Waals surface area contributed by atoms with E-state index in [0.717, 1.165) is 4.88 Å². The van der Waals surface area contributed by atoms with Crippen LogP contribution in [0, 0.1) is 0 Å². The first-order valence-corrected chi connectivity index (χ1v) is 7.07. The van der Waals surface area contributed by atoms with Gasteiger partial charge in [-0.1, -0.05) is 17.7 Å². The van der Waals surface area contributed by atoms with E-state index in [0.29, 0.717) is 17.4 Å². The van der Waals surface area contributed by atoms with Crippen molar-refractivity contribution in [2.45, 2.75) is 18.6 Å². The van der Waals surface area contributed by atoms with Crippen LogP contribution < -0.4 is 5.73 Å². The third kappa shape index (κ3) is 3.51. The van der Waals surface area contributed by atoms with E-state index in [2.05, 4.69) is 0 Å². The van der Waals surface area contributed by atoms with Crippen LogP contribution in [0.3, 0.4) is 0 Å². The van der Waals surface area contributed by atoms with Gasteiger partial charge in [-0.05, 0) is 18.6 Å². The Bertz CT molecular complexity index is 470. The molecule has 0 radical (unpaired) electrons. The molecule has 19 heavy (non-hydrogen) atoms. The summed E-state index contributed by atoms with van der Waals surface area (Å²) in [5.74, 6) is 0. The van der Waals surface area contributed by atoms with Crippen LogP contribution in [0.15, 0.2) is 23.8 Å². The maximum atomic E-state index is 12.6. The third-order valence-electron chi connectivity index (χ3n) is 3.19. The number of nitrogens with zero attached hydrogens (tertiary/aromatic N) is 1. The maximum Gasteiger partial charge on any atom is 0.412 e. The van der Waals surface area contributed by atoms with Crippen LogP contribution >= 0.6 is 22.9 Å². The van der Waals surface area contributed by atoms with Gasteiger partial charge in [0.05, 0.1) is 10.4 Å². The molecule has 2 N–H and O–H groups in total. The van der Waals surface area contributed by atoms with Crippen molar-refractivity contribution in [1.29, 1.82) is 0 Å². The van der Waals surface area contributed by atoms with Gasteiger partial charge in [-0.15, -0.1) is 11.3 Å². The highest BCUT2D eigenvalue weighted by Crippen LogP contribution is 2.34. The molecular formula is C12H14ClF3N2S. The van der Waals surface area contributed by atoms with Gasteiger partial charge in [0.1, 0.15) is 0 Å². The van der Waals surface area contributed by atoms with E-state index in [1.807, 2.05) is 11.0 Å². The average molecular weight is 311 g/mol. The van der Waals surface area contributed by atoms with Crippen molar-refractivity contribution < 1.29 is 13.2 Å². The third-order valence-corrected chi connectivity index (χ3v) is 4.52. The molecule has 0 fully saturated rings. The zero-order valence-electron chi connectivity index (χ0n) is 10.1. The first-order chi connectivity index (χ1) is 8.91. The van der Waals surface area contributed by atoms with Gasteiger partial charge in [-0.2, -0.15) is 13.2 Å². The lowest BCUT2D eigenvalue weighted by molar-refractivity contribution is -0.0963. The van der Waals surface area contributed by atoms with E-state index >= 15 is 0 Å². The molecule has 0 aromatic carbocycles. The van der Waals surface area contributed by atoms with Gasteiger partial charge < -0.3 is 5.73 Å². The second-order valence-corrected chi connectivity index (χ2v) is 6.11. The first kappa shape index (κ1) is 14.8. The quantitative estimate of drug-likeness (QED) is 0.864. The fourth-order valence-corrected chi connectivity index (χ4v) is 3.39. The summed E-state index contributed by atoms with van der Waals surface area (Å²) in [5.41, 5.74) is 5.30. The Morgan fingerprint density at radius 1 is 1.42 bits per heavy atom. The van der Waals surface area contributed by atoms with E-state index in [-0.39, 0.29) is 19.0 Å². The van der Waals surface area contributed by atoms with E-state index in [9.17, 15) is 13.2 Å². The number of hydrogen-bond donors (Lipinski definition) is 1. The average Bonchev–Trinajstić information content (AvgIpc) is 2.76. The minimum absolute atomic E-state index is 0.0130. The molecule has 1 aliphatic heterocycles. The molecule has 106 valence electrons. The molecule has 2 heterocycles. The van der Waals surface area contributed by atoms with Gasteiger partial charge in [-0.3, -0.25) is 4.90 Å². The highest BCUT2D eigenvalue weighted by atomic mass is 35.5. The minimum Gasteiger partial charge on any atom is -0.329 e. The molecule has 2 rings (SSSR count). The van der Waals surface area contributed by atoms with E-state index in [1.54, 1.807) is 6.07 Å². The van der Waals surface area contributed by atoms with Crippen molar-refractivity contribution in [3.63, 3.8) is 0 Å². The highest BCUT2D eigenvalue weighted by Gasteiger charge is 2.35. The van der Waals surface area contributed by atoms with Crippen molar-refractivity contribution in [1.82, 2.24) is 4.90 Å². The summed E-state index contributed by atoms with van der Waals surface area (Å²) in [6.45, 7) is 1.00. The Kier molecular flexibility index (Phi) is 4.55. The Labute approximate surface area is 118 Å². The van der Waals surface area contributed by atoms with Crippen LogP contribution in [0.5, 0.6) is 0 Å². The van der Waals surface area contributed by atoms with Gasteiger partial charge in [0.25, 0.3) is 0 Å². The van der Waals surface area contributed by atoms with Crippen LogP contribution in [0.2, 0.25) is 4.34 Å². The summed E-state index contributed by atoms with van der Waals surface area (Å²) >= 11 is 7.30. The number of halogens is 4. The van der Waals surface area contributed by atoms with Crippen molar-refractivity contribution in [3.8, 4) is 0 Å². The molecule has 0 saturated carbocycles. The molecule has 0 saturated heterocycles. The van der Waals surface area contributed by atoms with Crippen molar-refractivity contribution in [2.24, 2.45) is 5.73 Å². The molecule has 1 aromatic heterocycles. The van der Waals surface area contributed by atoms with Crippen molar-refractivity contribution >= 4 is 22.9 Å². The Balaban J connectivity index is 2.09. The monoisotopic (exact) mass is 310 g/mol. The zero-order valence-corrected chi connectivity index (χ0v) is 11.7. The SMILES string of the molecule is NCC(c1ccc(Cl)s1)N1CC=C(C(F)(F)F)CC1. The summed E-state index contributed by atoms with van der Waals surface area (Å²) in [6, 6.07) is 3.60. The predicted molar refractivity (Wildman–Crippen MR) is 71.5 cm³/mol. The molecule has 7 heteroatoms. The lowest BCUT2D eigenvalue weighted by atomic mass is 10.1. The number of rotatable bonds is 3. The minimum atomic E-state index is -4.21. The summed E-state index contributed by atoms with van der Waals surface area (Å²) in [5, 5.41) is 0. The molecule has 1 atom stereocenters. The molecular weight excluding hydrogens is 297 g/mol. The zero-order chi connectivity index (χ0) is 14.0. The standard InChI is InChI=1S/C12H14ClF3N2S/c13-11-2-1-10(19-11)9(7-17)18-5-3-8(4-6-18)12(14,15)16/h1-3,9H,4-7,17H2. The second kappa shape index (κ2) is 5.83. The largest absolute Gasteiger partial charge is 0.412 e. The van der Waals surface area contributed by atoms with Gasteiger partial charge in [0.2, 0.25) is 0 Å². The Morgan fingerprint density at radius 3 is 2.58 bits per heavy atom. The smallest absolute Gasteiger partial charge is 0.329 e. The molecule has 2 nitrogen and oxygen atoms in total. The maximum absolute atomic E-state index is 12.6. The molecule has 0 spiro atoms. The molecule has 0 aliphatic carbocycles. The van der Waals surface area contributed by atoms with Gasteiger partial charge >= 0.3 is 6.18 Å². The summed E-state index contributed by atoms with van der Waals surface area (Å²) in [6.07, 6.45) is -2.95. The normalized spacial score (nSPS) is 19.3. The first-order valence-electron chi connectivity index (χ1n) is 5.87. The topological polar surface area (TPSA) is 29.3 Å². The Hall–Kier alpha value is -0.560. The lowest BCUT2D eigenvalue weighted by Crippen LogP contribution is -2.38. The fraction of sp³-hybridized carbons (Fsp3) is 0.500. The molecule has 1 aromatic rings. The molecule has 0 amide bonds. The molecule has 1 aliphatic rings. The van der Waals surface area contributed by atoms with Gasteiger partial charge in [-0.25, -0.2) is 0 Å².